The maximum absolute atomic E-state index is 11.9. The second-order valence-electron chi connectivity index (χ2n) is 3.57. The molecule has 1 rings (SSSR count). The van der Waals surface area contributed by atoms with Gasteiger partial charge in [0.2, 0.25) is 0 Å². The summed E-state index contributed by atoms with van der Waals surface area (Å²) >= 11 is 0. The monoisotopic (exact) mass is 213 g/mol. The molecule has 3 heteroatoms. The lowest BCUT2D eigenvalue weighted by Gasteiger charge is -2.15. The lowest BCUT2D eigenvalue weighted by atomic mass is 9.96. The van der Waals surface area contributed by atoms with E-state index >= 15 is 0 Å². The summed E-state index contributed by atoms with van der Waals surface area (Å²) in [5.41, 5.74) is 1.21. The van der Waals surface area contributed by atoms with Gasteiger partial charge in [0.15, 0.2) is 0 Å². The molecule has 84 valence electrons. The van der Waals surface area contributed by atoms with Crippen molar-refractivity contribution in [2.24, 2.45) is 0 Å². The van der Waals surface area contributed by atoms with Crippen LogP contribution in [0.5, 0.6) is 0 Å². The van der Waals surface area contributed by atoms with Gasteiger partial charge in [-0.3, -0.25) is 0 Å². The van der Waals surface area contributed by atoms with E-state index < -0.39 is 6.43 Å². The molecule has 0 heterocycles. The molecule has 1 aromatic carbocycles. The molecule has 0 fully saturated rings. The van der Waals surface area contributed by atoms with Crippen molar-refractivity contribution in [2.75, 3.05) is 13.1 Å². The number of rotatable bonds is 6. The fraction of sp³-hybridized carbons (Fsp3) is 0.500. The van der Waals surface area contributed by atoms with Gasteiger partial charge in [0.05, 0.1) is 6.54 Å². The molecule has 0 spiro atoms. The molecule has 0 aliphatic rings. The summed E-state index contributed by atoms with van der Waals surface area (Å²) in [7, 11) is 0. The van der Waals surface area contributed by atoms with Crippen molar-refractivity contribution >= 4 is 0 Å². The highest BCUT2D eigenvalue weighted by molar-refractivity contribution is 5.19. The van der Waals surface area contributed by atoms with Crippen LogP contribution in [0.2, 0.25) is 0 Å². The number of hydrogen-bond acceptors (Lipinski definition) is 1. The average Bonchev–Trinajstić information content (AvgIpc) is 2.25. The van der Waals surface area contributed by atoms with E-state index in [2.05, 4.69) is 12.2 Å². The quantitative estimate of drug-likeness (QED) is 0.766. The third-order valence-electron chi connectivity index (χ3n) is 2.45. The van der Waals surface area contributed by atoms with E-state index in [1.165, 1.54) is 5.56 Å². The Morgan fingerprint density at radius 1 is 1.13 bits per heavy atom. The Balaban J connectivity index is 2.43. The Morgan fingerprint density at radius 2 is 1.80 bits per heavy atom. The van der Waals surface area contributed by atoms with Gasteiger partial charge in [-0.1, -0.05) is 37.3 Å². The van der Waals surface area contributed by atoms with E-state index in [1.807, 2.05) is 30.3 Å². The molecule has 0 aliphatic heterocycles. The van der Waals surface area contributed by atoms with E-state index in [0.29, 0.717) is 12.5 Å². The lowest BCUT2D eigenvalue weighted by molar-refractivity contribution is 0.145. The predicted molar refractivity (Wildman–Crippen MR) is 58.3 cm³/mol. The van der Waals surface area contributed by atoms with Gasteiger partial charge in [0.25, 0.3) is 6.43 Å². The van der Waals surface area contributed by atoms with Crippen LogP contribution in [0.3, 0.4) is 0 Å². The summed E-state index contributed by atoms with van der Waals surface area (Å²) in [5, 5.41) is 2.78. The summed E-state index contributed by atoms with van der Waals surface area (Å²) in [4.78, 5) is 0. The van der Waals surface area contributed by atoms with Gasteiger partial charge >= 0.3 is 0 Å². The highest BCUT2D eigenvalue weighted by Gasteiger charge is 2.09. The van der Waals surface area contributed by atoms with Gasteiger partial charge in [-0.15, -0.1) is 0 Å². The van der Waals surface area contributed by atoms with Crippen LogP contribution in [0.15, 0.2) is 30.3 Å². The maximum Gasteiger partial charge on any atom is 0.250 e. The Morgan fingerprint density at radius 3 is 2.33 bits per heavy atom. The fourth-order valence-electron chi connectivity index (χ4n) is 1.59. The standard InChI is InChI=1S/C12H17F2N/c1-2-10(8-15-9-12(13)14)11-6-4-3-5-7-11/h3-7,10,12,15H,2,8-9H2,1H3. The first-order valence-electron chi connectivity index (χ1n) is 5.27. The summed E-state index contributed by atoms with van der Waals surface area (Å²) in [6.07, 6.45) is -1.31. The van der Waals surface area contributed by atoms with Gasteiger partial charge in [0, 0.05) is 6.54 Å². The van der Waals surface area contributed by atoms with Gasteiger partial charge in [-0.25, -0.2) is 8.78 Å². The van der Waals surface area contributed by atoms with Crippen molar-refractivity contribution < 1.29 is 8.78 Å². The summed E-state index contributed by atoms with van der Waals surface area (Å²) in [5.74, 6) is 0.324. The van der Waals surface area contributed by atoms with E-state index in [4.69, 9.17) is 0 Å². The van der Waals surface area contributed by atoms with Crippen LogP contribution >= 0.6 is 0 Å². The minimum Gasteiger partial charge on any atom is -0.311 e. The zero-order valence-electron chi connectivity index (χ0n) is 8.92. The van der Waals surface area contributed by atoms with Crippen LogP contribution in [0.25, 0.3) is 0 Å². The number of hydrogen-bond donors (Lipinski definition) is 1. The Kier molecular flexibility index (Phi) is 5.26. The summed E-state index contributed by atoms with van der Waals surface area (Å²) in [6, 6.07) is 10.00. The topological polar surface area (TPSA) is 12.0 Å². The fourth-order valence-corrected chi connectivity index (χ4v) is 1.59. The van der Waals surface area contributed by atoms with Crippen LogP contribution < -0.4 is 5.32 Å². The van der Waals surface area contributed by atoms with E-state index in [-0.39, 0.29) is 6.54 Å². The van der Waals surface area contributed by atoms with Crippen molar-refractivity contribution in [1.29, 1.82) is 0 Å². The molecule has 0 amide bonds. The highest BCUT2D eigenvalue weighted by atomic mass is 19.3. The zero-order valence-corrected chi connectivity index (χ0v) is 8.92. The second kappa shape index (κ2) is 6.51. The average molecular weight is 213 g/mol. The maximum atomic E-state index is 11.9. The smallest absolute Gasteiger partial charge is 0.250 e. The van der Waals surface area contributed by atoms with Crippen LogP contribution in [-0.2, 0) is 0 Å². The van der Waals surface area contributed by atoms with Gasteiger partial charge in [-0.2, -0.15) is 0 Å². The van der Waals surface area contributed by atoms with Gasteiger partial charge < -0.3 is 5.32 Å². The summed E-state index contributed by atoms with van der Waals surface area (Å²) < 4.78 is 23.9. The molecule has 0 aliphatic carbocycles. The molecular formula is C12H17F2N. The van der Waals surface area contributed by atoms with E-state index in [1.54, 1.807) is 0 Å². The van der Waals surface area contributed by atoms with Crippen LogP contribution in [0.1, 0.15) is 24.8 Å². The van der Waals surface area contributed by atoms with Crippen LogP contribution in [0.4, 0.5) is 8.78 Å². The Hall–Kier alpha value is -0.960. The number of halogens is 2. The SMILES string of the molecule is CCC(CNCC(F)F)c1ccccc1. The zero-order chi connectivity index (χ0) is 11.1. The molecule has 0 saturated heterocycles. The molecule has 0 radical (unpaired) electrons. The van der Waals surface area contributed by atoms with Crippen LogP contribution in [0, 0.1) is 0 Å². The minimum absolute atomic E-state index is 0.219. The Bertz CT molecular complexity index is 262. The van der Waals surface area contributed by atoms with Crippen LogP contribution in [-0.4, -0.2) is 19.5 Å². The first-order chi connectivity index (χ1) is 7.24. The molecule has 1 nitrogen and oxygen atoms in total. The van der Waals surface area contributed by atoms with E-state index in [0.717, 1.165) is 6.42 Å². The van der Waals surface area contributed by atoms with Gasteiger partial charge in [-0.05, 0) is 17.9 Å². The number of benzene rings is 1. The number of alkyl halides is 2. The molecule has 1 aromatic rings. The van der Waals surface area contributed by atoms with Crippen molar-refractivity contribution in [3.05, 3.63) is 35.9 Å². The van der Waals surface area contributed by atoms with Gasteiger partial charge in [0.1, 0.15) is 0 Å². The largest absolute Gasteiger partial charge is 0.311 e. The molecule has 15 heavy (non-hydrogen) atoms. The molecular weight excluding hydrogens is 196 g/mol. The van der Waals surface area contributed by atoms with Crippen molar-refractivity contribution in [2.45, 2.75) is 25.7 Å². The normalized spacial score (nSPS) is 13.1. The molecule has 1 N–H and O–H groups in total. The molecule has 1 atom stereocenters. The molecule has 0 saturated carbocycles. The second-order valence-corrected chi connectivity index (χ2v) is 3.57. The Labute approximate surface area is 89.5 Å². The van der Waals surface area contributed by atoms with Crippen molar-refractivity contribution in [1.82, 2.24) is 5.32 Å². The van der Waals surface area contributed by atoms with Crippen molar-refractivity contribution in [3.8, 4) is 0 Å². The molecule has 0 aromatic heterocycles. The number of nitrogens with one attached hydrogen (secondary N) is 1. The lowest BCUT2D eigenvalue weighted by Crippen LogP contribution is -2.26. The molecule has 0 bridgehead atoms. The van der Waals surface area contributed by atoms with Crippen molar-refractivity contribution in [3.63, 3.8) is 0 Å². The molecule has 1 unspecified atom stereocenters. The minimum atomic E-state index is -2.27. The third-order valence-corrected chi connectivity index (χ3v) is 2.45. The third kappa shape index (κ3) is 4.38. The predicted octanol–water partition coefficient (Wildman–Crippen LogP) is 3.03. The first-order valence-corrected chi connectivity index (χ1v) is 5.27. The highest BCUT2D eigenvalue weighted by Crippen LogP contribution is 2.17. The van der Waals surface area contributed by atoms with E-state index in [9.17, 15) is 8.78 Å². The first kappa shape index (κ1) is 12.1. The summed E-state index contributed by atoms with van der Waals surface area (Å²) in [6.45, 7) is 2.47.